The van der Waals surface area contributed by atoms with Gasteiger partial charge in [0, 0.05) is 22.5 Å². The second kappa shape index (κ2) is 6.78. The quantitative estimate of drug-likeness (QED) is 0.670. The third kappa shape index (κ3) is 4.61. The number of hydrogen-bond acceptors (Lipinski definition) is 4. The molecule has 0 aliphatic heterocycles. The summed E-state index contributed by atoms with van der Waals surface area (Å²) >= 11 is 7.06. The number of nitrogens with one attached hydrogen (secondary N) is 2. The van der Waals surface area contributed by atoms with Gasteiger partial charge in [-0.15, -0.1) is 0 Å². The number of aromatic nitrogens is 2. The van der Waals surface area contributed by atoms with Crippen molar-refractivity contribution in [1.82, 2.24) is 9.97 Å². The lowest BCUT2D eigenvalue weighted by atomic mass is 10.3. The fourth-order valence-corrected chi connectivity index (χ4v) is 2.69. The molecule has 1 heterocycles. The van der Waals surface area contributed by atoms with Crippen molar-refractivity contribution < 1.29 is 4.79 Å². The van der Waals surface area contributed by atoms with Crippen molar-refractivity contribution in [3.05, 3.63) is 51.4 Å². The fraction of sp³-hybridized carbons (Fsp3) is 0.214. The van der Waals surface area contributed by atoms with E-state index in [1.807, 2.05) is 0 Å². The Bertz CT molecular complexity index is 717. The molecule has 0 unspecified atom stereocenters. The van der Waals surface area contributed by atoms with Crippen molar-refractivity contribution in [3.63, 3.8) is 0 Å². The summed E-state index contributed by atoms with van der Waals surface area (Å²) < 4.78 is 0. The van der Waals surface area contributed by atoms with Crippen LogP contribution < -0.4 is 10.9 Å². The summed E-state index contributed by atoms with van der Waals surface area (Å²) in [6.45, 7) is 3.48. The van der Waals surface area contributed by atoms with Gasteiger partial charge in [-0.2, -0.15) is 0 Å². The van der Waals surface area contributed by atoms with E-state index in [4.69, 9.17) is 11.6 Å². The highest BCUT2D eigenvalue weighted by molar-refractivity contribution is 8.00. The third-order valence-corrected chi connectivity index (χ3v) is 3.82. The molecule has 0 bridgehead atoms. The van der Waals surface area contributed by atoms with Gasteiger partial charge in [0.05, 0.1) is 5.25 Å². The van der Waals surface area contributed by atoms with Gasteiger partial charge < -0.3 is 10.3 Å². The maximum absolute atomic E-state index is 12.1. The summed E-state index contributed by atoms with van der Waals surface area (Å²) in [6, 6.07) is 8.32. The number of halogens is 1. The van der Waals surface area contributed by atoms with E-state index >= 15 is 0 Å². The molecule has 5 nitrogen and oxygen atoms in total. The molecule has 110 valence electrons. The molecule has 0 aliphatic rings. The lowest BCUT2D eigenvalue weighted by molar-refractivity contribution is -0.115. The SMILES string of the molecule is Cc1cc(=O)[nH]c(S[C@@H](C)C(=O)Nc2cccc(Cl)c2)n1. The van der Waals surface area contributed by atoms with Gasteiger partial charge in [0.1, 0.15) is 0 Å². The maximum atomic E-state index is 12.1. The minimum Gasteiger partial charge on any atom is -0.325 e. The molecule has 1 aromatic heterocycles. The molecule has 1 aromatic carbocycles. The normalized spacial score (nSPS) is 12.0. The lowest BCUT2D eigenvalue weighted by Crippen LogP contribution is -2.23. The van der Waals surface area contributed by atoms with Crippen LogP contribution >= 0.6 is 23.4 Å². The van der Waals surface area contributed by atoms with Crippen molar-refractivity contribution in [2.24, 2.45) is 0 Å². The number of rotatable bonds is 4. The Labute approximate surface area is 131 Å². The van der Waals surface area contributed by atoms with Gasteiger partial charge >= 0.3 is 0 Å². The second-order valence-corrected chi connectivity index (χ2v) is 6.22. The van der Waals surface area contributed by atoms with E-state index in [0.717, 1.165) is 0 Å². The number of anilines is 1. The predicted octanol–water partition coefficient (Wildman–Crippen LogP) is 2.85. The zero-order valence-electron chi connectivity index (χ0n) is 11.5. The molecule has 0 fully saturated rings. The van der Waals surface area contributed by atoms with Gasteiger partial charge in [0.25, 0.3) is 5.56 Å². The summed E-state index contributed by atoms with van der Waals surface area (Å²) in [4.78, 5) is 30.3. The van der Waals surface area contributed by atoms with Crippen LogP contribution in [0, 0.1) is 6.92 Å². The fourth-order valence-electron chi connectivity index (χ4n) is 1.64. The predicted molar refractivity (Wildman–Crippen MR) is 85.0 cm³/mol. The van der Waals surface area contributed by atoms with E-state index < -0.39 is 5.25 Å². The smallest absolute Gasteiger partial charge is 0.251 e. The van der Waals surface area contributed by atoms with Crippen LogP contribution in [-0.2, 0) is 4.79 Å². The molecule has 0 saturated heterocycles. The van der Waals surface area contributed by atoms with Crippen molar-refractivity contribution in [1.29, 1.82) is 0 Å². The van der Waals surface area contributed by atoms with Crippen LogP contribution in [0.3, 0.4) is 0 Å². The van der Waals surface area contributed by atoms with Crippen LogP contribution in [0.4, 0.5) is 5.69 Å². The molecule has 7 heteroatoms. The van der Waals surface area contributed by atoms with Gasteiger partial charge in [-0.25, -0.2) is 4.98 Å². The van der Waals surface area contributed by atoms with Crippen LogP contribution in [0.15, 0.2) is 40.3 Å². The molecule has 2 N–H and O–H groups in total. The topological polar surface area (TPSA) is 74.8 Å². The van der Waals surface area contributed by atoms with Crippen LogP contribution in [-0.4, -0.2) is 21.1 Å². The molecular weight excluding hydrogens is 310 g/mol. The number of benzene rings is 1. The molecule has 1 amide bonds. The van der Waals surface area contributed by atoms with E-state index in [1.54, 1.807) is 38.1 Å². The van der Waals surface area contributed by atoms with Crippen molar-refractivity contribution in [3.8, 4) is 0 Å². The molecule has 0 radical (unpaired) electrons. The first-order valence-electron chi connectivity index (χ1n) is 6.25. The van der Waals surface area contributed by atoms with Crippen LogP contribution in [0.5, 0.6) is 0 Å². The average molecular weight is 324 g/mol. The highest BCUT2D eigenvalue weighted by Crippen LogP contribution is 2.21. The Morgan fingerprint density at radius 1 is 1.43 bits per heavy atom. The summed E-state index contributed by atoms with van der Waals surface area (Å²) in [5.74, 6) is -0.188. The van der Waals surface area contributed by atoms with Crippen molar-refractivity contribution >= 4 is 35.0 Å². The summed E-state index contributed by atoms with van der Waals surface area (Å²) in [5.41, 5.74) is 1.02. The molecule has 0 aliphatic carbocycles. The number of aryl methyl sites for hydroxylation is 1. The van der Waals surface area contributed by atoms with Gasteiger partial charge in [-0.3, -0.25) is 9.59 Å². The minimum atomic E-state index is -0.408. The Hall–Kier alpha value is -1.79. The number of carbonyl (C=O) groups is 1. The average Bonchev–Trinajstić information content (AvgIpc) is 2.37. The molecule has 1 atom stereocenters. The standard InChI is InChI=1S/C14H14ClN3O2S/c1-8-6-12(19)18-14(16-8)21-9(2)13(20)17-11-5-3-4-10(15)7-11/h3-7,9H,1-2H3,(H,17,20)(H,16,18,19)/t9-/m0/s1. The van der Waals surface area contributed by atoms with E-state index in [2.05, 4.69) is 15.3 Å². The van der Waals surface area contributed by atoms with Gasteiger partial charge in [0.15, 0.2) is 5.16 Å². The summed E-state index contributed by atoms with van der Waals surface area (Å²) in [6.07, 6.45) is 0. The Morgan fingerprint density at radius 2 is 2.19 bits per heavy atom. The Balaban J connectivity index is 2.04. The Morgan fingerprint density at radius 3 is 2.86 bits per heavy atom. The van der Waals surface area contributed by atoms with Crippen LogP contribution in [0.25, 0.3) is 0 Å². The van der Waals surface area contributed by atoms with E-state index in [1.165, 1.54) is 17.8 Å². The van der Waals surface area contributed by atoms with Crippen molar-refractivity contribution in [2.45, 2.75) is 24.3 Å². The first-order chi connectivity index (χ1) is 9.94. The molecule has 0 spiro atoms. The monoisotopic (exact) mass is 323 g/mol. The lowest BCUT2D eigenvalue weighted by Gasteiger charge is -2.11. The number of hydrogen-bond donors (Lipinski definition) is 2. The van der Waals surface area contributed by atoms with Gasteiger partial charge in [-0.05, 0) is 32.0 Å². The zero-order valence-corrected chi connectivity index (χ0v) is 13.1. The number of aromatic amines is 1. The molecule has 2 rings (SSSR count). The van der Waals surface area contributed by atoms with Crippen LogP contribution in [0.2, 0.25) is 5.02 Å². The number of amides is 1. The minimum absolute atomic E-state index is 0.188. The Kier molecular flexibility index (Phi) is 5.03. The summed E-state index contributed by atoms with van der Waals surface area (Å²) in [7, 11) is 0. The largest absolute Gasteiger partial charge is 0.325 e. The van der Waals surface area contributed by atoms with E-state index in [9.17, 15) is 9.59 Å². The number of nitrogens with zero attached hydrogens (tertiary/aromatic N) is 1. The highest BCUT2D eigenvalue weighted by Gasteiger charge is 2.16. The van der Waals surface area contributed by atoms with E-state index in [-0.39, 0.29) is 11.5 Å². The number of H-pyrrole nitrogens is 1. The van der Waals surface area contributed by atoms with Gasteiger partial charge in [-0.1, -0.05) is 29.4 Å². The number of carbonyl (C=O) groups excluding carboxylic acids is 1. The molecule has 21 heavy (non-hydrogen) atoms. The highest BCUT2D eigenvalue weighted by atomic mass is 35.5. The van der Waals surface area contributed by atoms with Gasteiger partial charge in [0.2, 0.25) is 5.91 Å². The zero-order chi connectivity index (χ0) is 15.4. The number of thioether (sulfide) groups is 1. The molecule has 2 aromatic rings. The van der Waals surface area contributed by atoms with E-state index in [0.29, 0.717) is 21.6 Å². The second-order valence-electron chi connectivity index (χ2n) is 4.45. The maximum Gasteiger partial charge on any atom is 0.251 e. The first kappa shape index (κ1) is 15.6. The molecular formula is C14H14ClN3O2S. The molecule has 0 saturated carbocycles. The third-order valence-electron chi connectivity index (χ3n) is 2.60. The first-order valence-corrected chi connectivity index (χ1v) is 7.51. The summed E-state index contributed by atoms with van der Waals surface area (Å²) in [5, 5.41) is 3.34. The van der Waals surface area contributed by atoms with Crippen molar-refractivity contribution in [2.75, 3.05) is 5.32 Å². The van der Waals surface area contributed by atoms with Crippen LogP contribution in [0.1, 0.15) is 12.6 Å².